The summed E-state index contributed by atoms with van der Waals surface area (Å²) in [5.74, 6) is -0.0501. The number of likely N-dealkylation sites (tertiary alicyclic amines) is 1. The summed E-state index contributed by atoms with van der Waals surface area (Å²) in [5.41, 5.74) is 0.593. The monoisotopic (exact) mass is 395 g/mol. The fraction of sp³-hybridized carbons (Fsp3) is 0.435. The molecule has 0 bridgehead atoms. The summed E-state index contributed by atoms with van der Waals surface area (Å²) in [5, 5.41) is 7.87. The van der Waals surface area contributed by atoms with Gasteiger partial charge in [0.05, 0.1) is 0 Å². The van der Waals surface area contributed by atoms with E-state index in [-0.39, 0.29) is 30.1 Å². The molecule has 0 atom stereocenters. The second-order valence-corrected chi connectivity index (χ2v) is 7.51. The van der Waals surface area contributed by atoms with Crippen LogP contribution in [0.1, 0.15) is 43.0 Å². The van der Waals surface area contributed by atoms with Crippen molar-refractivity contribution in [2.24, 2.45) is 5.92 Å². The molecule has 3 rings (SSSR count). The SMILES string of the molecule is CCCNC(=O)C1CCN(C(=O)CCNC(=O)c2ccc3ccccc3c2)CC1. The Balaban J connectivity index is 1.41. The zero-order valence-corrected chi connectivity index (χ0v) is 16.9. The van der Waals surface area contributed by atoms with Gasteiger partial charge in [0.1, 0.15) is 0 Å². The van der Waals surface area contributed by atoms with Gasteiger partial charge in [0.15, 0.2) is 0 Å². The predicted octanol–water partition coefficient (Wildman–Crippen LogP) is 2.72. The Morgan fingerprint density at radius 3 is 2.41 bits per heavy atom. The van der Waals surface area contributed by atoms with Crippen LogP contribution in [0.2, 0.25) is 0 Å². The molecule has 6 nitrogen and oxygen atoms in total. The topological polar surface area (TPSA) is 78.5 Å². The highest BCUT2D eigenvalue weighted by atomic mass is 16.2. The van der Waals surface area contributed by atoms with Gasteiger partial charge in [0.25, 0.3) is 5.91 Å². The Kier molecular flexibility index (Phi) is 7.22. The smallest absolute Gasteiger partial charge is 0.251 e. The van der Waals surface area contributed by atoms with Gasteiger partial charge in [-0.15, -0.1) is 0 Å². The first kappa shape index (κ1) is 20.8. The summed E-state index contributed by atoms with van der Waals surface area (Å²) in [6.07, 6.45) is 2.59. The van der Waals surface area contributed by atoms with Crippen LogP contribution in [0.5, 0.6) is 0 Å². The Hall–Kier alpha value is -2.89. The number of benzene rings is 2. The molecule has 154 valence electrons. The number of hydrogen-bond acceptors (Lipinski definition) is 3. The van der Waals surface area contributed by atoms with E-state index in [1.165, 1.54) is 0 Å². The maximum absolute atomic E-state index is 12.4. The Bertz CT molecular complexity index is 873. The zero-order chi connectivity index (χ0) is 20.6. The van der Waals surface area contributed by atoms with E-state index < -0.39 is 0 Å². The molecule has 0 unspecified atom stereocenters. The van der Waals surface area contributed by atoms with Crippen LogP contribution in [-0.4, -0.2) is 48.8 Å². The molecule has 1 aliphatic heterocycles. The lowest BCUT2D eigenvalue weighted by Gasteiger charge is -2.31. The molecule has 1 heterocycles. The minimum atomic E-state index is -0.171. The highest BCUT2D eigenvalue weighted by Gasteiger charge is 2.26. The lowest BCUT2D eigenvalue weighted by atomic mass is 9.95. The van der Waals surface area contributed by atoms with Gasteiger partial charge in [0.2, 0.25) is 11.8 Å². The average molecular weight is 396 g/mol. The quantitative estimate of drug-likeness (QED) is 0.757. The number of amides is 3. The van der Waals surface area contributed by atoms with Crippen LogP contribution in [0.25, 0.3) is 10.8 Å². The molecule has 1 fully saturated rings. The van der Waals surface area contributed by atoms with E-state index in [0.29, 0.717) is 44.6 Å². The van der Waals surface area contributed by atoms with E-state index in [2.05, 4.69) is 10.6 Å². The number of piperidine rings is 1. The predicted molar refractivity (Wildman–Crippen MR) is 114 cm³/mol. The third-order valence-electron chi connectivity index (χ3n) is 5.40. The fourth-order valence-corrected chi connectivity index (χ4v) is 3.66. The molecule has 29 heavy (non-hydrogen) atoms. The molecule has 0 aromatic heterocycles. The lowest BCUT2D eigenvalue weighted by Crippen LogP contribution is -2.43. The fourth-order valence-electron chi connectivity index (χ4n) is 3.66. The van der Waals surface area contributed by atoms with Gasteiger partial charge in [-0.1, -0.05) is 37.3 Å². The zero-order valence-electron chi connectivity index (χ0n) is 16.9. The standard InChI is InChI=1S/C23H29N3O3/c1-2-12-24-22(28)18-10-14-26(15-11-18)21(27)9-13-25-23(29)20-8-7-17-5-3-4-6-19(17)16-20/h3-8,16,18H,2,9-15H2,1H3,(H,24,28)(H,25,29). The van der Waals surface area contributed by atoms with Gasteiger partial charge >= 0.3 is 0 Å². The van der Waals surface area contributed by atoms with Crippen molar-refractivity contribution in [1.29, 1.82) is 0 Å². The second kappa shape index (κ2) is 10.0. The van der Waals surface area contributed by atoms with Gasteiger partial charge in [-0.3, -0.25) is 14.4 Å². The molecule has 1 aliphatic rings. The minimum Gasteiger partial charge on any atom is -0.356 e. The molecule has 0 saturated carbocycles. The third-order valence-corrected chi connectivity index (χ3v) is 5.40. The van der Waals surface area contributed by atoms with Gasteiger partial charge < -0.3 is 15.5 Å². The number of fused-ring (bicyclic) bond motifs is 1. The summed E-state index contributed by atoms with van der Waals surface area (Å²) in [4.78, 5) is 38.6. The van der Waals surface area contributed by atoms with Crippen LogP contribution in [0.3, 0.4) is 0 Å². The van der Waals surface area contributed by atoms with E-state index in [0.717, 1.165) is 17.2 Å². The maximum Gasteiger partial charge on any atom is 0.251 e. The van der Waals surface area contributed by atoms with Crippen molar-refractivity contribution in [2.75, 3.05) is 26.2 Å². The van der Waals surface area contributed by atoms with E-state index in [4.69, 9.17) is 0 Å². The van der Waals surface area contributed by atoms with Crippen molar-refractivity contribution >= 4 is 28.5 Å². The Morgan fingerprint density at radius 2 is 1.69 bits per heavy atom. The van der Waals surface area contributed by atoms with Crippen molar-refractivity contribution < 1.29 is 14.4 Å². The molecule has 2 aromatic rings. The van der Waals surface area contributed by atoms with Crippen LogP contribution in [0.4, 0.5) is 0 Å². The average Bonchev–Trinajstić information content (AvgIpc) is 2.77. The molecule has 0 aliphatic carbocycles. The molecular weight excluding hydrogens is 366 g/mol. The van der Waals surface area contributed by atoms with Crippen molar-refractivity contribution in [1.82, 2.24) is 15.5 Å². The van der Waals surface area contributed by atoms with Crippen LogP contribution in [0, 0.1) is 5.92 Å². The van der Waals surface area contributed by atoms with E-state index in [1.807, 2.05) is 43.3 Å². The molecule has 0 radical (unpaired) electrons. The summed E-state index contributed by atoms with van der Waals surface area (Å²) in [6, 6.07) is 13.5. The summed E-state index contributed by atoms with van der Waals surface area (Å²) in [6.45, 7) is 4.24. The normalized spacial score (nSPS) is 14.6. The van der Waals surface area contributed by atoms with Crippen molar-refractivity contribution in [2.45, 2.75) is 32.6 Å². The Morgan fingerprint density at radius 1 is 0.966 bits per heavy atom. The molecule has 2 aromatic carbocycles. The van der Waals surface area contributed by atoms with Crippen molar-refractivity contribution in [3.8, 4) is 0 Å². The van der Waals surface area contributed by atoms with Crippen LogP contribution < -0.4 is 10.6 Å². The molecule has 6 heteroatoms. The van der Waals surface area contributed by atoms with Gasteiger partial charge in [0, 0.05) is 44.1 Å². The number of nitrogens with zero attached hydrogens (tertiary/aromatic N) is 1. The van der Waals surface area contributed by atoms with Crippen LogP contribution in [-0.2, 0) is 9.59 Å². The lowest BCUT2D eigenvalue weighted by molar-refractivity contribution is -0.135. The van der Waals surface area contributed by atoms with Crippen LogP contribution >= 0.6 is 0 Å². The van der Waals surface area contributed by atoms with Gasteiger partial charge in [-0.05, 0) is 42.2 Å². The van der Waals surface area contributed by atoms with E-state index in [9.17, 15) is 14.4 Å². The summed E-state index contributed by atoms with van der Waals surface area (Å²) < 4.78 is 0. The number of rotatable bonds is 7. The first-order valence-electron chi connectivity index (χ1n) is 10.4. The summed E-state index contributed by atoms with van der Waals surface area (Å²) >= 11 is 0. The Labute approximate surface area is 171 Å². The van der Waals surface area contributed by atoms with E-state index in [1.54, 1.807) is 11.0 Å². The summed E-state index contributed by atoms with van der Waals surface area (Å²) in [7, 11) is 0. The van der Waals surface area contributed by atoms with E-state index >= 15 is 0 Å². The third kappa shape index (κ3) is 5.56. The number of carbonyl (C=O) groups excluding carboxylic acids is 3. The molecule has 3 amide bonds. The number of carbonyl (C=O) groups is 3. The minimum absolute atomic E-state index is 0.00166. The molecule has 2 N–H and O–H groups in total. The maximum atomic E-state index is 12.4. The molecule has 1 saturated heterocycles. The first-order chi connectivity index (χ1) is 14.1. The largest absolute Gasteiger partial charge is 0.356 e. The highest BCUT2D eigenvalue weighted by Crippen LogP contribution is 2.18. The number of hydrogen-bond donors (Lipinski definition) is 2. The van der Waals surface area contributed by atoms with Crippen molar-refractivity contribution in [3.05, 3.63) is 48.0 Å². The van der Waals surface area contributed by atoms with Gasteiger partial charge in [-0.2, -0.15) is 0 Å². The van der Waals surface area contributed by atoms with Gasteiger partial charge in [-0.25, -0.2) is 0 Å². The molecular formula is C23H29N3O3. The number of nitrogens with one attached hydrogen (secondary N) is 2. The first-order valence-corrected chi connectivity index (χ1v) is 10.4. The van der Waals surface area contributed by atoms with Crippen molar-refractivity contribution in [3.63, 3.8) is 0 Å². The molecule has 0 spiro atoms. The van der Waals surface area contributed by atoms with Crippen LogP contribution in [0.15, 0.2) is 42.5 Å². The second-order valence-electron chi connectivity index (χ2n) is 7.51. The highest BCUT2D eigenvalue weighted by molar-refractivity contribution is 5.98.